The van der Waals surface area contributed by atoms with Crippen LogP contribution in [0, 0.1) is 0 Å². The standard InChI is InChI=1S/C19H18N2O3/c20-15-6-4-12(9-17(15)23)19(11-2-1-3-14(22)8-11)13-5-7-16(21)18(24)10-13/h1-10,19,22-24H,20-21H2. The third-order valence-electron chi connectivity index (χ3n) is 3.98. The lowest BCUT2D eigenvalue weighted by atomic mass is 9.84. The van der Waals surface area contributed by atoms with E-state index >= 15 is 0 Å². The Morgan fingerprint density at radius 1 is 0.625 bits per heavy atom. The number of aromatic hydroxyl groups is 3. The van der Waals surface area contributed by atoms with Gasteiger partial charge in [-0.25, -0.2) is 0 Å². The van der Waals surface area contributed by atoms with E-state index in [1.54, 1.807) is 54.6 Å². The van der Waals surface area contributed by atoms with Gasteiger partial charge in [0.25, 0.3) is 0 Å². The fourth-order valence-electron chi connectivity index (χ4n) is 2.76. The van der Waals surface area contributed by atoms with Crippen LogP contribution in [0.25, 0.3) is 0 Å². The van der Waals surface area contributed by atoms with Crippen LogP contribution in [0.5, 0.6) is 17.2 Å². The first-order valence-corrected chi connectivity index (χ1v) is 7.41. The van der Waals surface area contributed by atoms with E-state index in [1.807, 2.05) is 6.07 Å². The van der Waals surface area contributed by atoms with Gasteiger partial charge in [-0.3, -0.25) is 0 Å². The highest BCUT2D eigenvalue weighted by Crippen LogP contribution is 2.38. The van der Waals surface area contributed by atoms with Gasteiger partial charge in [0.15, 0.2) is 0 Å². The predicted octanol–water partition coefficient (Wildman–Crippen LogP) is 3.15. The number of phenolic OH excluding ortho intramolecular Hbond substituents is 3. The van der Waals surface area contributed by atoms with Crippen LogP contribution in [-0.4, -0.2) is 15.3 Å². The smallest absolute Gasteiger partial charge is 0.138 e. The van der Waals surface area contributed by atoms with Gasteiger partial charge >= 0.3 is 0 Å². The van der Waals surface area contributed by atoms with Crippen molar-refractivity contribution < 1.29 is 15.3 Å². The Labute approximate surface area is 139 Å². The summed E-state index contributed by atoms with van der Waals surface area (Å²) in [5.74, 6) is -0.207. The van der Waals surface area contributed by atoms with Gasteiger partial charge in [0.05, 0.1) is 11.4 Å². The SMILES string of the molecule is Nc1ccc(C(c2cccc(O)c2)c2ccc(N)c(O)c2)cc1O. The van der Waals surface area contributed by atoms with Gasteiger partial charge in [0.2, 0.25) is 0 Å². The molecule has 0 aromatic heterocycles. The number of nitrogen functional groups attached to an aromatic ring is 2. The van der Waals surface area contributed by atoms with Crippen LogP contribution in [0.15, 0.2) is 60.7 Å². The quantitative estimate of drug-likeness (QED) is 0.289. The first-order chi connectivity index (χ1) is 11.5. The Kier molecular flexibility index (Phi) is 3.92. The molecule has 0 bridgehead atoms. The van der Waals surface area contributed by atoms with Crippen LogP contribution < -0.4 is 11.5 Å². The molecule has 3 aromatic rings. The summed E-state index contributed by atoms with van der Waals surface area (Å²) in [6.45, 7) is 0. The zero-order valence-corrected chi connectivity index (χ0v) is 12.8. The summed E-state index contributed by atoms with van der Waals surface area (Å²) in [5, 5.41) is 29.7. The number of anilines is 2. The Hall–Kier alpha value is -3.34. The number of rotatable bonds is 3. The minimum absolute atomic E-state index is 0.0164. The molecule has 0 unspecified atom stereocenters. The van der Waals surface area contributed by atoms with E-state index in [1.165, 1.54) is 0 Å². The van der Waals surface area contributed by atoms with Crippen LogP contribution in [-0.2, 0) is 0 Å². The van der Waals surface area contributed by atoms with E-state index in [9.17, 15) is 15.3 Å². The minimum Gasteiger partial charge on any atom is -0.508 e. The van der Waals surface area contributed by atoms with Gasteiger partial charge in [-0.1, -0.05) is 24.3 Å². The van der Waals surface area contributed by atoms with Crippen molar-refractivity contribution in [2.24, 2.45) is 0 Å². The molecule has 122 valence electrons. The Balaban J connectivity index is 2.20. The van der Waals surface area contributed by atoms with Gasteiger partial charge in [0.1, 0.15) is 17.2 Å². The Bertz CT molecular complexity index is 842. The second-order valence-corrected chi connectivity index (χ2v) is 5.66. The topological polar surface area (TPSA) is 113 Å². The Morgan fingerprint density at radius 2 is 1.12 bits per heavy atom. The molecule has 0 radical (unpaired) electrons. The average Bonchev–Trinajstić information content (AvgIpc) is 2.54. The van der Waals surface area contributed by atoms with Gasteiger partial charge in [-0.05, 0) is 53.1 Å². The van der Waals surface area contributed by atoms with E-state index in [-0.39, 0.29) is 34.5 Å². The summed E-state index contributed by atoms with van der Waals surface area (Å²) in [6.07, 6.45) is 0. The number of hydrogen-bond donors (Lipinski definition) is 5. The van der Waals surface area contributed by atoms with Gasteiger partial charge in [-0.2, -0.15) is 0 Å². The number of phenols is 3. The third kappa shape index (κ3) is 2.92. The molecule has 0 aliphatic carbocycles. The van der Waals surface area contributed by atoms with E-state index < -0.39 is 0 Å². The molecule has 3 rings (SSSR count). The zero-order valence-electron chi connectivity index (χ0n) is 12.8. The van der Waals surface area contributed by atoms with Crippen LogP contribution >= 0.6 is 0 Å². The molecule has 5 nitrogen and oxygen atoms in total. The number of nitrogens with two attached hydrogens (primary N) is 2. The second-order valence-electron chi connectivity index (χ2n) is 5.66. The lowest BCUT2D eigenvalue weighted by molar-refractivity contribution is 0.474. The summed E-state index contributed by atoms with van der Waals surface area (Å²) in [6, 6.07) is 16.8. The van der Waals surface area contributed by atoms with Crippen LogP contribution in [0.2, 0.25) is 0 Å². The highest BCUT2D eigenvalue weighted by Gasteiger charge is 2.19. The monoisotopic (exact) mass is 322 g/mol. The molecule has 0 fully saturated rings. The molecule has 0 saturated heterocycles. The highest BCUT2D eigenvalue weighted by molar-refractivity contribution is 5.59. The molecule has 0 saturated carbocycles. The van der Waals surface area contributed by atoms with Crippen molar-refractivity contribution >= 4 is 11.4 Å². The van der Waals surface area contributed by atoms with Crippen LogP contribution in [0.4, 0.5) is 11.4 Å². The van der Waals surface area contributed by atoms with Crippen molar-refractivity contribution in [1.82, 2.24) is 0 Å². The average molecular weight is 322 g/mol. The van der Waals surface area contributed by atoms with E-state index in [0.29, 0.717) is 0 Å². The number of benzene rings is 3. The summed E-state index contributed by atoms with van der Waals surface area (Å²) in [7, 11) is 0. The molecule has 0 amide bonds. The fourth-order valence-corrected chi connectivity index (χ4v) is 2.76. The summed E-state index contributed by atoms with van der Waals surface area (Å²) in [5.41, 5.74) is 14.3. The molecule has 5 heteroatoms. The maximum Gasteiger partial charge on any atom is 0.138 e. The molecular weight excluding hydrogens is 304 g/mol. The van der Waals surface area contributed by atoms with Gasteiger partial charge < -0.3 is 26.8 Å². The molecule has 0 heterocycles. The van der Waals surface area contributed by atoms with Crippen molar-refractivity contribution in [2.45, 2.75) is 5.92 Å². The lowest BCUT2D eigenvalue weighted by Gasteiger charge is -2.20. The van der Waals surface area contributed by atoms with Crippen molar-refractivity contribution in [3.05, 3.63) is 77.4 Å². The second kappa shape index (κ2) is 6.04. The maximum absolute atomic E-state index is 9.95. The molecule has 0 aliphatic heterocycles. The molecule has 3 aromatic carbocycles. The summed E-state index contributed by atoms with van der Waals surface area (Å²) in [4.78, 5) is 0. The molecule has 7 N–H and O–H groups in total. The van der Waals surface area contributed by atoms with E-state index in [2.05, 4.69) is 0 Å². The molecule has 24 heavy (non-hydrogen) atoms. The first kappa shape index (κ1) is 15.6. The highest BCUT2D eigenvalue weighted by atomic mass is 16.3. The van der Waals surface area contributed by atoms with Gasteiger partial charge in [0, 0.05) is 5.92 Å². The molecular formula is C19H18N2O3. The van der Waals surface area contributed by atoms with E-state index in [4.69, 9.17) is 11.5 Å². The van der Waals surface area contributed by atoms with Crippen molar-refractivity contribution in [3.63, 3.8) is 0 Å². The molecule has 0 spiro atoms. The normalized spacial score (nSPS) is 10.9. The lowest BCUT2D eigenvalue weighted by Crippen LogP contribution is -2.04. The first-order valence-electron chi connectivity index (χ1n) is 7.41. The van der Waals surface area contributed by atoms with Crippen molar-refractivity contribution in [2.75, 3.05) is 11.5 Å². The fraction of sp³-hybridized carbons (Fsp3) is 0.0526. The number of hydrogen-bond acceptors (Lipinski definition) is 5. The maximum atomic E-state index is 9.95. The predicted molar refractivity (Wildman–Crippen MR) is 94.1 cm³/mol. The minimum atomic E-state index is -0.310. The van der Waals surface area contributed by atoms with Crippen LogP contribution in [0.3, 0.4) is 0 Å². The van der Waals surface area contributed by atoms with Gasteiger partial charge in [-0.15, -0.1) is 0 Å². The summed E-state index contributed by atoms with van der Waals surface area (Å²) < 4.78 is 0. The van der Waals surface area contributed by atoms with Crippen molar-refractivity contribution in [1.29, 1.82) is 0 Å². The largest absolute Gasteiger partial charge is 0.508 e. The zero-order chi connectivity index (χ0) is 17.3. The van der Waals surface area contributed by atoms with Crippen LogP contribution in [0.1, 0.15) is 22.6 Å². The summed E-state index contributed by atoms with van der Waals surface area (Å²) >= 11 is 0. The third-order valence-corrected chi connectivity index (χ3v) is 3.98. The van der Waals surface area contributed by atoms with Crippen molar-refractivity contribution in [3.8, 4) is 17.2 Å². The molecule has 0 atom stereocenters. The Morgan fingerprint density at radius 3 is 1.58 bits per heavy atom. The van der Waals surface area contributed by atoms with E-state index in [0.717, 1.165) is 16.7 Å². The molecule has 0 aliphatic rings.